The summed E-state index contributed by atoms with van der Waals surface area (Å²) in [6.07, 6.45) is 4.21. The van der Waals surface area contributed by atoms with Gasteiger partial charge in [0.25, 0.3) is 0 Å². The Bertz CT molecular complexity index is 495. The summed E-state index contributed by atoms with van der Waals surface area (Å²) in [6.45, 7) is 0. The molecule has 0 spiro atoms. The number of hydrogen-bond donors (Lipinski definition) is 1. The lowest BCUT2D eigenvalue weighted by molar-refractivity contribution is 0.352. The van der Waals surface area contributed by atoms with Gasteiger partial charge in [-0.1, -0.05) is 22.4 Å². The topological polar surface area (TPSA) is 30.5 Å². The number of halogens is 1. The summed E-state index contributed by atoms with van der Waals surface area (Å²) >= 11 is 3.69. The van der Waals surface area contributed by atoms with Gasteiger partial charge in [-0.25, -0.2) is 0 Å². The highest BCUT2D eigenvalue weighted by Crippen LogP contribution is 2.62. The molecule has 0 amide bonds. The van der Waals surface area contributed by atoms with Crippen LogP contribution in [-0.4, -0.2) is 21.3 Å². The minimum Gasteiger partial charge on any atom is -0.493 e. The summed E-state index contributed by atoms with van der Waals surface area (Å²) in [6, 6.07) is 4.52. The first-order chi connectivity index (χ1) is 9.71. The smallest absolute Gasteiger partial charge is 0.161 e. The van der Waals surface area contributed by atoms with E-state index in [2.05, 4.69) is 34.4 Å². The van der Waals surface area contributed by atoms with Gasteiger partial charge in [-0.15, -0.1) is 0 Å². The normalized spacial score (nSPS) is 28.9. The van der Waals surface area contributed by atoms with Crippen molar-refractivity contribution in [3.63, 3.8) is 0 Å². The van der Waals surface area contributed by atoms with Crippen LogP contribution in [0.5, 0.6) is 11.5 Å². The molecule has 3 rings (SSSR count). The largest absolute Gasteiger partial charge is 0.493 e. The van der Waals surface area contributed by atoms with Gasteiger partial charge in [0.15, 0.2) is 11.5 Å². The molecule has 2 saturated carbocycles. The van der Waals surface area contributed by atoms with Gasteiger partial charge < -0.3 is 14.8 Å². The van der Waals surface area contributed by atoms with Gasteiger partial charge in [0.05, 0.1) is 14.2 Å². The molecule has 1 aromatic rings. The summed E-state index contributed by atoms with van der Waals surface area (Å²) in [5.41, 5.74) is 1.28. The molecule has 3 unspecified atom stereocenters. The first-order valence-electron chi connectivity index (χ1n) is 7.30. The fraction of sp³-hybridized carbons (Fsp3) is 0.625. The molecule has 4 heteroatoms. The molecule has 2 fully saturated rings. The van der Waals surface area contributed by atoms with Crippen molar-refractivity contribution in [2.24, 2.45) is 17.8 Å². The zero-order chi connectivity index (χ0) is 14.3. The average Bonchev–Trinajstić information content (AvgIpc) is 2.93. The van der Waals surface area contributed by atoms with E-state index in [1.165, 1.54) is 24.8 Å². The molecule has 1 aromatic carbocycles. The molecule has 0 radical (unpaired) electrons. The number of ether oxygens (including phenoxy) is 2. The molecule has 0 heterocycles. The lowest BCUT2D eigenvalue weighted by Crippen LogP contribution is -2.21. The summed E-state index contributed by atoms with van der Waals surface area (Å²) in [7, 11) is 5.42. The predicted molar refractivity (Wildman–Crippen MR) is 83.4 cm³/mol. The van der Waals surface area contributed by atoms with Crippen LogP contribution in [0.2, 0.25) is 0 Å². The van der Waals surface area contributed by atoms with Crippen LogP contribution >= 0.6 is 15.9 Å². The second kappa shape index (κ2) is 5.57. The van der Waals surface area contributed by atoms with Crippen LogP contribution in [0.1, 0.15) is 30.9 Å². The van der Waals surface area contributed by atoms with Crippen molar-refractivity contribution in [2.45, 2.75) is 25.3 Å². The molecule has 0 bridgehead atoms. The van der Waals surface area contributed by atoms with E-state index in [1.54, 1.807) is 14.2 Å². The molecule has 0 saturated heterocycles. The number of nitrogens with one attached hydrogen (secondary N) is 1. The minimum absolute atomic E-state index is 0.402. The fourth-order valence-corrected chi connectivity index (χ4v) is 4.60. The first-order valence-corrected chi connectivity index (χ1v) is 8.09. The molecule has 0 aliphatic heterocycles. The van der Waals surface area contributed by atoms with Crippen LogP contribution in [0.25, 0.3) is 0 Å². The molecular formula is C16H22BrNO2. The Balaban J connectivity index is 1.91. The summed E-state index contributed by atoms with van der Waals surface area (Å²) in [4.78, 5) is 0. The van der Waals surface area contributed by atoms with Gasteiger partial charge in [-0.05, 0) is 55.3 Å². The van der Waals surface area contributed by atoms with Crippen LogP contribution in [-0.2, 0) is 0 Å². The predicted octanol–water partition coefficient (Wildman–Crippen LogP) is 3.77. The maximum Gasteiger partial charge on any atom is 0.161 e. The zero-order valence-electron chi connectivity index (χ0n) is 12.3. The van der Waals surface area contributed by atoms with E-state index >= 15 is 0 Å². The van der Waals surface area contributed by atoms with Gasteiger partial charge >= 0.3 is 0 Å². The lowest BCUT2D eigenvalue weighted by atomic mass is 9.96. The quantitative estimate of drug-likeness (QED) is 0.885. The van der Waals surface area contributed by atoms with Crippen molar-refractivity contribution in [2.75, 3.05) is 21.3 Å². The van der Waals surface area contributed by atoms with E-state index < -0.39 is 0 Å². The number of methoxy groups -OCH3 is 2. The summed E-state index contributed by atoms with van der Waals surface area (Å²) in [5, 5.41) is 3.51. The van der Waals surface area contributed by atoms with Gasteiger partial charge in [0.2, 0.25) is 0 Å². The minimum atomic E-state index is 0.402. The SMILES string of the molecule is CNC(c1cc(OC)c(OC)cc1Br)C1C2CCCC21. The third-order valence-corrected chi connectivity index (χ3v) is 5.69. The molecule has 1 N–H and O–H groups in total. The molecule has 0 aromatic heterocycles. The Morgan fingerprint density at radius 1 is 1.15 bits per heavy atom. The van der Waals surface area contributed by atoms with Gasteiger partial charge in [0.1, 0.15) is 0 Å². The Hall–Kier alpha value is -0.740. The van der Waals surface area contributed by atoms with Crippen molar-refractivity contribution in [3.05, 3.63) is 22.2 Å². The van der Waals surface area contributed by atoms with Crippen LogP contribution < -0.4 is 14.8 Å². The Morgan fingerprint density at radius 2 is 1.75 bits per heavy atom. The maximum absolute atomic E-state index is 5.45. The van der Waals surface area contributed by atoms with Crippen molar-refractivity contribution >= 4 is 15.9 Å². The van der Waals surface area contributed by atoms with Gasteiger partial charge in [-0.2, -0.15) is 0 Å². The van der Waals surface area contributed by atoms with Crippen LogP contribution in [0.15, 0.2) is 16.6 Å². The van der Waals surface area contributed by atoms with E-state index in [1.807, 2.05) is 6.07 Å². The van der Waals surface area contributed by atoms with Crippen LogP contribution in [0.4, 0.5) is 0 Å². The number of fused-ring (bicyclic) bond motifs is 1. The molecular weight excluding hydrogens is 318 g/mol. The Kier molecular flexibility index (Phi) is 3.95. The van der Waals surface area contributed by atoms with E-state index in [4.69, 9.17) is 9.47 Å². The third-order valence-electron chi connectivity index (χ3n) is 5.01. The van der Waals surface area contributed by atoms with Crippen molar-refractivity contribution in [1.82, 2.24) is 5.32 Å². The first kappa shape index (κ1) is 14.2. The van der Waals surface area contributed by atoms with Gasteiger partial charge in [-0.3, -0.25) is 0 Å². The lowest BCUT2D eigenvalue weighted by Gasteiger charge is -2.22. The number of rotatable bonds is 5. The Labute approximate surface area is 129 Å². The fourth-order valence-electron chi connectivity index (χ4n) is 4.03. The molecule has 2 aliphatic carbocycles. The van der Waals surface area contributed by atoms with E-state index in [9.17, 15) is 0 Å². The van der Waals surface area contributed by atoms with Crippen molar-refractivity contribution in [3.8, 4) is 11.5 Å². The van der Waals surface area contributed by atoms with Gasteiger partial charge in [0, 0.05) is 10.5 Å². The number of benzene rings is 1. The van der Waals surface area contributed by atoms with Crippen LogP contribution in [0, 0.1) is 17.8 Å². The third kappa shape index (κ3) is 2.23. The second-order valence-corrected chi connectivity index (χ2v) is 6.69. The second-order valence-electron chi connectivity index (χ2n) is 5.83. The van der Waals surface area contributed by atoms with Crippen LogP contribution in [0.3, 0.4) is 0 Å². The highest BCUT2D eigenvalue weighted by molar-refractivity contribution is 9.10. The highest BCUT2D eigenvalue weighted by Gasteiger charge is 2.56. The highest BCUT2D eigenvalue weighted by atomic mass is 79.9. The average molecular weight is 340 g/mol. The van der Waals surface area contributed by atoms with E-state index in [0.717, 1.165) is 33.7 Å². The number of hydrogen-bond acceptors (Lipinski definition) is 3. The molecule has 2 aliphatic rings. The van der Waals surface area contributed by atoms with E-state index in [-0.39, 0.29) is 0 Å². The zero-order valence-corrected chi connectivity index (χ0v) is 13.9. The van der Waals surface area contributed by atoms with Crippen molar-refractivity contribution < 1.29 is 9.47 Å². The molecule has 3 nitrogen and oxygen atoms in total. The van der Waals surface area contributed by atoms with Crippen molar-refractivity contribution in [1.29, 1.82) is 0 Å². The molecule has 3 atom stereocenters. The molecule has 20 heavy (non-hydrogen) atoms. The van der Waals surface area contributed by atoms with E-state index in [0.29, 0.717) is 6.04 Å². The monoisotopic (exact) mass is 339 g/mol. The molecule has 110 valence electrons. The maximum atomic E-state index is 5.45. The summed E-state index contributed by atoms with van der Waals surface area (Å²) < 4.78 is 11.9. The Morgan fingerprint density at radius 3 is 2.30 bits per heavy atom. The summed E-state index contributed by atoms with van der Waals surface area (Å²) in [5.74, 6) is 4.20. The standard InChI is InChI=1S/C16H22BrNO2/c1-18-16(15-9-5-4-6-10(9)15)11-7-13(19-2)14(20-3)8-12(11)17/h7-10,15-16,18H,4-6H2,1-3H3.